The number of hydrazone groups is 1. The molecule has 0 fully saturated rings. The lowest BCUT2D eigenvalue weighted by molar-refractivity contribution is 0.0247. The molecule has 1 rings (SSSR count). The van der Waals surface area contributed by atoms with E-state index in [2.05, 4.69) is 37.6 Å². The molecule has 0 N–H and O–H groups in total. The number of ether oxygens (including phenoxy) is 1. The van der Waals surface area contributed by atoms with Crippen LogP contribution in [0.4, 0.5) is 4.79 Å². The van der Waals surface area contributed by atoms with Gasteiger partial charge < -0.3 is 4.74 Å². The van der Waals surface area contributed by atoms with Crippen molar-refractivity contribution in [3.8, 4) is 0 Å². The first-order chi connectivity index (χ1) is 13.0. The molecule has 0 radical (unpaired) electrons. The molecule has 1 aromatic heterocycles. The predicted octanol–water partition coefficient (Wildman–Crippen LogP) is 4.75. The van der Waals surface area contributed by atoms with Crippen LogP contribution >= 0.6 is 27.5 Å². The molecule has 9 heteroatoms. The number of hydrogen-bond acceptors (Lipinski definition) is 6. The molecule has 7 nitrogen and oxygen atoms in total. The van der Waals surface area contributed by atoms with Crippen LogP contribution < -0.4 is 0 Å². The van der Waals surface area contributed by atoms with Crippen molar-refractivity contribution in [2.45, 2.75) is 32.9 Å². The smallest absolute Gasteiger partial charge is 0.416 e. The molecular weight excluding hydrogens is 446 g/mol. The number of amides is 1. The van der Waals surface area contributed by atoms with E-state index in [1.807, 2.05) is 6.07 Å². The third-order valence-corrected chi connectivity index (χ3v) is 3.60. The number of aromatic nitrogens is 1. The monoisotopic (exact) mass is 469 g/mol. The Hall–Kier alpha value is -2.19. The zero-order valence-corrected chi connectivity index (χ0v) is 19.0. The summed E-state index contributed by atoms with van der Waals surface area (Å²) in [6.45, 7) is 9.32. The minimum atomic E-state index is -0.677. The van der Waals surface area contributed by atoms with E-state index in [1.165, 1.54) is 22.2 Å². The van der Waals surface area contributed by atoms with Gasteiger partial charge in [-0.05, 0) is 48.3 Å². The van der Waals surface area contributed by atoms with Crippen molar-refractivity contribution < 1.29 is 9.53 Å². The first-order valence-corrected chi connectivity index (χ1v) is 9.56. The van der Waals surface area contributed by atoms with Crippen LogP contribution in [0.1, 0.15) is 26.3 Å². The number of rotatable bonds is 7. The fourth-order valence-electron chi connectivity index (χ4n) is 1.96. The minimum absolute atomic E-state index is 0.203. The lowest BCUT2D eigenvalue weighted by Crippen LogP contribution is -2.39. The molecule has 1 heterocycles. The third-order valence-electron chi connectivity index (χ3n) is 3.12. The van der Waals surface area contributed by atoms with E-state index >= 15 is 0 Å². The Morgan fingerprint density at radius 1 is 1.46 bits per heavy atom. The van der Waals surface area contributed by atoms with Crippen LogP contribution in [0.25, 0.3) is 0 Å². The standard InChI is InChI=1S/C19H25BrClN5O2/c1-14(20)11-24-25(6)17(10-16(21)22-5)26(18(27)28-19(2,3)4)13-15-8-7-9-23-12-15/h7-12H,1,13H2,2-6H3/b17-10+,22-16+,24-11-. The summed E-state index contributed by atoms with van der Waals surface area (Å²) in [6.07, 6.45) is 5.83. The molecule has 0 atom stereocenters. The topological polar surface area (TPSA) is 70.4 Å². The third kappa shape index (κ3) is 8.67. The van der Waals surface area contributed by atoms with Crippen LogP contribution in [-0.2, 0) is 11.3 Å². The van der Waals surface area contributed by atoms with Gasteiger partial charge in [-0.2, -0.15) is 5.10 Å². The van der Waals surface area contributed by atoms with E-state index in [0.717, 1.165) is 5.56 Å². The van der Waals surface area contributed by atoms with Gasteiger partial charge >= 0.3 is 6.09 Å². The molecule has 28 heavy (non-hydrogen) atoms. The van der Waals surface area contributed by atoms with E-state index in [4.69, 9.17) is 16.3 Å². The summed E-state index contributed by atoms with van der Waals surface area (Å²) in [5, 5.41) is 5.96. The Bertz CT molecular complexity index is 772. The normalized spacial score (nSPS) is 12.8. The van der Waals surface area contributed by atoms with Crippen LogP contribution in [0.3, 0.4) is 0 Å². The molecule has 0 aromatic carbocycles. The maximum Gasteiger partial charge on any atom is 0.416 e. The van der Waals surface area contributed by atoms with Gasteiger partial charge in [0.25, 0.3) is 0 Å². The maximum atomic E-state index is 13.0. The molecule has 0 saturated carbocycles. The van der Waals surface area contributed by atoms with E-state index in [9.17, 15) is 4.79 Å². The number of hydrogen-bond donors (Lipinski definition) is 0. The Morgan fingerprint density at radius 2 is 2.14 bits per heavy atom. The number of carbonyl (C=O) groups excluding carboxylic acids is 1. The molecule has 0 aliphatic carbocycles. The molecule has 0 unspecified atom stereocenters. The molecule has 0 spiro atoms. The van der Waals surface area contributed by atoms with Gasteiger partial charge in [-0.25, -0.2) is 4.79 Å². The Morgan fingerprint density at radius 3 is 2.64 bits per heavy atom. The first kappa shape index (κ1) is 23.8. The molecule has 152 valence electrons. The van der Waals surface area contributed by atoms with E-state index < -0.39 is 11.7 Å². The molecule has 0 aliphatic rings. The van der Waals surface area contributed by atoms with Crippen LogP contribution in [0, 0.1) is 0 Å². The second-order valence-corrected chi connectivity index (χ2v) is 8.10. The number of nitrogens with zero attached hydrogens (tertiary/aromatic N) is 5. The second-order valence-electron chi connectivity index (χ2n) is 6.69. The summed E-state index contributed by atoms with van der Waals surface area (Å²) in [4.78, 5) is 22.4. The van der Waals surface area contributed by atoms with Gasteiger partial charge in [0, 0.05) is 37.0 Å². The Labute approximate surface area is 179 Å². The van der Waals surface area contributed by atoms with Gasteiger partial charge in [-0.3, -0.25) is 19.9 Å². The lowest BCUT2D eigenvalue weighted by atomic mass is 10.2. The predicted molar refractivity (Wildman–Crippen MR) is 118 cm³/mol. The summed E-state index contributed by atoms with van der Waals surface area (Å²) in [7, 11) is 3.23. The second kappa shape index (κ2) is 11.0. The first-order valence-electron chi connectivity index (χ1n) is 8.39. The van der Waals surface area contributed by atoms with Crippen molar-refractivity contribution in [1.82, 2.24) is 14.9 Å². The molecule has 0 saturated heterocycles. The number of allylic oxidation sites excluding steroid dienone is 2. The Balaban J connectivity index is 3.40. The highest BCUT2D eigenvalue weighted by molar-refractivity contribution is 9.12. The number of pyridine rings is 1. The number of carbonyl (C=O) groups is 1. The van der Waals surface area contributed by atoms with Crippen LogP contribution in [0.2, 0.25) is 0 Å². The minimum Gasteiger partial charge on any atom is -0.443 e. The molecular formula is C19H25BrClN5O2. The van der Waals surface area contributed by atoms with Crippen molar-refractivity contribution in [2.75, 3.05) is 14.1 Å². The van der Waals surface area contributed by atoms with Gasteiger partial charge in [-0.15, -0.1) is 0 Å². The van der Waals surface area contributed by atoms with E-state index in [1.54, 1.807) is 53.3 Å². The Kier molecular flexibility index (Phi) is 9.34. The molecule has 1 aromatic rings. The fourth-order valence-corrected chi connectivity index (χ4v) is 2.15. The molecule has 0 aliphatic heterocycles. The lowest BCUT2D eigenvalue weighted by Gasteiger charge is -2.31. The van der Waals surface area contributed by atoms with Gasteiger partial charge in [0.05, 0.1) is 12.8 Å². The average molecular weight is 471 g/mol. The van der Waals surface area contributed by atoms with Crippen molar-refractivity contribution in [2.24, 2.45) is 10.1 Å². The van der Waals surface area contributed by atoms with Crippen molar-refractivity contribution in [3.63, 3.8) is 0 Å². The molecule has 1 amide bonds. The van der Waals surface area contributed by atoms with Crippen molar-refractivity contribution >= 4 is 45.0 Å². The highest BCUT2D eigenvalue weighted by Gasteiger charge is 2.27. The van der Waals surface area contributed by atoms with Gasteiger partial charge in [0.15, 0.2) is 0 Å². The number of halogens is 2. The van der Waals surface area contributed by atoms with Crippen LogP contribution in [-0.4, -0.2) is 52.1 Å². The summed E-state index contributed by atoms with van der Waals surface area (Å²) in [5.74, 6) is 0.374. The fraction of sp³-hybridized carbons (Fsp3) is 0.368. The zero-order chi connectivity index (χ0) is 21.3. The van der Waals surface area contributed by atoms with Crippen molar-refractivity contribution in [3.05, 3.63) is 53.0 Å². The summed E-state index contributed by atoms with van der Waals surface area (Å²) < 4.78 is 6.16. The van der Waals surface area contributed by atoms with Gasteiger partial charge in [0.2, 0.25) is 0 Å². The quantitative estimate of drug-likeness (QED) is 0.426. The van der Waals surface area contributed by atoms with Crippen molar-refractivity contribution in [1.29, 1.82) is 0 Å². The van der Waals surface area contributed by atoms with E-state index in [0.29, 0.717) is 10.3 Å². The number of aliphatic imine (C=N–C) groups is 1. The SMILES string of the molecule is C=C(Br)/C=N\N(C)/C(=C\C(Cl)=N/C)N(Cc1cccnc1)C(=O)OC(C)(C)C. The highest BCUT2D eigenvalue weighted by atomic mass is 79.9. The van der Waals surface area contributed by atoms with Gasteiger partial charge in [0.1, 0.15) is 16.6 Å². The zero-order valence-electron chi connectivity index (χ0n) is 16.7. The van der Waals surface area contributed by atoms with E-state index in [-0.39, 0.29) is 11.7 Å². The summed E-state index contributed by atoms with van der Waals surface area (Å²) in [6, 6.07) is 3.66. The van der Waals surface area contributed by atoms with Crippen LogP contribution in [0.5, 0.6) is 0 Å². The summed E-state index contributed by atoms with van der Waals surface area (Å²) in [5.41, 5.74) is 0.135. The molecule has 0 bridgehead atoms. The largest absolute Gasteiger partial charge is 0.443 e. The van der Waals surface area contributed by atoms with Gasteiger partial charge in [-0.1, -0.05) is 24.2 Å². The average Bonchev–Trinajstić information content (AvgIpc) is 2.61. The maximum absolute atomic E-state index is 13.0. The highest BCUT2D eigenvalue weighted by Crippen LogP contribution is 2.20. The van der Waals surface area contributed by atoms with Crippen LogP contribution in [0.15, 0.2) is 57.6 Å². The summed E-state index contributed by atoms with van der Waals surface area (Å²) >= 11 is 9.35.